The van der Waals surface area contributed by atoms with E-state index in [1.165, 1.54) is 23.1 Å². The maximum atomic E-state index is 13.0. The van der Waals surface area contributed by atoms with E-state index in [1.54, 1.807) is 20.0 Å². The number of nitrogens with one attached hydrogen (secondary N) is 1. The summed E-state index contributed by atoms with van der Waals surface area (Å²) < 4.78 is 13.0. The summed E-state index contributed by atoms with van der Waals surface area (Å²) in [4.78, 5) is 24.9. The van der Waals surface area contributed by atoms with Gasteiger partial charge in [0.25, 0.3) is 0 Å². The highest BCUT2D eigenvalue weighted by atomic mass is 19.1. The van der Waals surface area contributed by atoms with E-state index in [0.717, 1.165) is 0 Å². The monoisotopic (exact) mass is 296 g/mol. The van der Waals surface area contributed by atoms with Crippen molar-refractivity contribution in [2.45, 2.75) is 25.9 Å². The van der Waals surface area contributed by atoms with Gasteiger partial charge >= 0.3 is 0 Å². The molecule has 0 bridgehead atoms. The van der Waals surface area contributed by atoms with Crippen LogP contribution >= 0.6 is 0 Å². The minimum atomic E-state index is -0.470. The average Bonchev–Trinajstić information content (AvgIpc) is 2.42. The van der Waals surface area contributed by atoms with Crippen LogP contribution in [0, 0.1) is 5.82 Å². The molecule has 21 heavy (non-hydrogen) atoms. The summed E-state index contributed by atoms with van der Waals surface area (Å²) in [6, 6.07) is 5.78. The molecule has 0 saturated carbocycles. The third kappa shape index (κ3) is 6.85. The van der Waals surface area contributed by atoms with Crippen LogP contribution in [0.1, 0.15) is 18.9 Å². The standard InChI is InChI=1S/C15H21FN2O3/c1-11(19)6-7-18(2)15(21)10-17-14(20)9-12-4-3-5-13(16)8-12/h3-5,8,11,19H,6-7,9-10H2,1-2H3,(H,17,20). The lowest BCUT2D eigenvalue weighted by Crippen LogP contribution is -2.39. The van der Waals surface area contributed by atoms with Gasteiger partial charge in [0.1, 0.15) is 5.82 Å². The molecule has 0 saturated heterocycles. The molecule has 116 valence electrons. The van der Waals surface area contributed by atoms with Crippen molar-refractivity contribution in [2.75, 3.05) is 20.1 Å². The number of amides is 2. The van der Waals surface area contributed by atoms with E-state index in [1.807, 2.05) is 0 Å². The van der Waals surface area contributed by atoms with Crippen LogP contribution in [-0.2, 0) is 16.0 Å². The Balaban J connectivity index is 2.34. The van der Waals surface area contributed by atoms with E-state index in [2.05, 4.69) is 5.32 Å². The number of carbonyl (C=O) groups excluding carboxylic acids is 2. The third-order valence-electron chi connectivity index (χ3n) is 3.00. The first-order valence-corrected chi connectivity index (χ1v) is 6.81. The highest BCUT2D eigenvalue weighted by molar-refractivity contribution is 5.85. The van der Waals surface area contributed by atoms with Gasteiger partial charge in [0.15, 0.2) is 0 Å². The maximum absolute atomic E-state index is 13.0. The fraction of sp³-hybridized carbons (Fsp3) is 0.467. The number of aliphatic hydroxyl groups excluding tert-OH is 1. The van der Waals surface area contributed by atoms with E-state index in [9.17, 15) is 14.0 Å². The van der Waals surface area contributed by atoms with Crippen LogP contribution in [0.2, 0.25) is 0 Å². The summed E-state index contributed by atoms with van der Waals surface area (Å²) in [5, 5.41) is 11.7. The molecule has 1 rings (SSSR count). The molecular formula is C15H21FN2O3. The molecule has 1 aromatic carbocycles. The Bertz CT molecular complexity index is 492. The summed E-state index contributed by atoms with van der Waals surface area (Å²) in [6.45, 7) is 1.97. The predicted octanol–water partition coefficient (Wildman–Crippen LogP) is 0.714. The third-order valence-corrected chi connectivity index (χ3v) is 3.00. The van der Waals surface area contributed by atoms with Crippen molar-refractivity contribution in [3.63, 3.8) is 0 Å². The van der Waals surface area contributed by atoms with E-state index in [0.29, 0.717) is 18.5 Å². The summed E-state index contributed by atoms with van der Waals surface area (Å²) in [5.41, 5.74) is 0.558. The molecule has 0 aromatic heterocycles. The quantitative estimate of drug-likeness (QED) is 0.779. The van der Waals surface area contributed by atoms with Gasteiger partial charge in [0.2, 0.25) is 11.8 Å². The van der Waals surface area contributed by atoms with E-state index >= 15 is 0 Å². The van der Waals surface area contributed by atoms with Crippen molar-refractivity contribution in [3.8, 4) is 0 Å². The second-order valence-corrected chi connectivity index (χ2v) is 5.04. The number of hydrogen-bond donors (Lipinski definition) is 2. The molecule has 0 aliphatic heterocycles. The average molecular weight is 296 g/mol. The molecule has 1 unspecified atom stereocenters. The van der Waals surface area contributed by atoms with Gasteiger partial charge < -0.3 is 15.3 Å². The SMILES string of the molecule is CC(O)CCN(C)C(=O)CNC(=O)Cc1cccc(F)c1. The zero-order chi connectivity index (χ0) is 15.8. The molecule has 0 radical (unpaired) electrons. The topological polar surface area (TPSA) is 69.6 Å². The van der Waals surface area contributed by atoms with E-state index in [4.69, 9.17) is 5.11 Å². The minimum Gasteiger partial charge on any atom is -0.393 e. The number of carbonyl (C=O) groups is 2. The van der Waals surface area contributed by atoms with Crippen molar-refractivity contribution in [2.24, 2.45) is 0 Å². The zero-order valence-electron chi connectivity index (χ0n) is 12.3. The van der Waals surface area contributed by atoms with Crippen LogP contribution in [0.3, 0.4) is 0 Å². The summed E-state index contributed by atoms with van der Waals surface area (Å²) in [6.07, 6.45) is 0.0462. The first-order chi connectivity index (χ1) is 9.88. The van der Waals surface area contributed by atoms with Gasteiger partial charge in [-0.25, -0.2) is 4.39 Å². The van der Waals surface area contributed by atoms with Gasteiger partial charge in [-0.3, -0.25) is 9.59 Å². The zero-order valence-corrected chi connectivity index (χ0v) is 12.3. The summed E-state index contributed by atoms with van der Waals surface area (Å²) in [7, 11) is 1.61. The van der Waals surface area contributed by atoms with E-state index < -0.39 is 11.9 Å². The lowest BCUT2D eigenvalue weighted by atomic mass is 10.1. The van der Waals surface area contributed by atoms with Crippen LogP contribution < -0.4 is 5.32 Å². The number of hydrogen-bond acceptors (Lipinski definition) is 3. The molecule has 0 aliphatic rings. The second kappa shape index (κ2) is 8.36. The number of halogens is 1. The largest absolute Gasteiger partial charge is 0.393 e. The van der Waals surface area contributed by atoms with Crippen molar-refractivity contribution < 1.29 is 19.1 Å². The van der Waals surface area contributed by atoms with Crippen molar-refractivity contribution >= 4 is 11.8 Å². The van der Waals surface area contributed by atoms with Gasteiger partial charge in [-0.15, -0.1) is 0 Å². The first-order valence-electron chi connectivity index (χ1n) is 6.81. The Hall–Kier alpha value is -1.95. The van der Waals surface area contributed by atoms with Crippen LogP contribution in [-0.4, -0.2) is 48.1 Å². The summed E-state index contributed by atoms with van der Waals surface area (Å²) >= 11 is 0. The molecule has 1 aromatic rings. The van der Waals surface area contributed by atoms with Crippen LogP contribution in [0.5, 0.6) is 0 Å². The van der Waals surface area contributed by atoms with Crippen LogP contribution in [0.4, 0.5) is 4.39 Å². The highest BCUT2D eigenvalue weighted by Crippen LogP contribution is 2.04. The number of likely N-dealkylation sites (N-methyl/N-ethyl adjacent to an activating group) is 1. The summed E-state index contributed by atoms with van der Waals surface area (Å²) in [5.74, 6) is -0.963. The van der Waals surface area contributed by atoms with E-state index in [-0.39, 0.29) is 24.8 Å². The fourth-order valence-corrected chi connectivity index (χ4v) is 1.71. The van der Waals surface area contributed by atoms with Gasteiger partial charge in [-0.2, -0.15) is 0 Å². The lowest BCUT2D eigenvalue weighted by Gasteiger charge is -2.18. The Kier molecular flexibility index (Phi) is 6.81. The second-order valence-electron chi connectivity index (χ2n) is 5.04. The molecule has 0 heterocycles. The number of nitrogens with zero attached hydrogens (tertiary/aromatic N) is 1. The Labute approximate surface area is 123 Å². The number of benzene rings is 1. The minimum absolute atomic E-state index is 0.0302. The molecule has 1 atom stereocenters. The van der Waals surface area contributed by atoms with Crippen molar-refractivity contribution in [1.29, 1.82) is 0 Å². The smallest absolute Gasteiger partial charge is 0.241 e. The van der Waals surface area contributed by atoms with Crippen LogP contribution in [0.25, 0.3) is 0 Å². The highest BCUT2D eigenvalue weighted by Gasteiger charge is 2.11. The van der Waals surface area contributed by atoms with Gasteiger partial charge in [0, 0.05) is 13.6 Å². The molecule has 0 fully saturated rings. The molecule has 2 N–H and O–H groups in total. The number of rotatable bonds is 7. The maximum Gasteiger partial charge on any atom is 0.241 e. The van der Waals surface area contributed by atoms with Gasteiger partial charge in [-0.05, 0) is 31.0 Å². The molecular weight excluding hydrogens is 275 g/mol. The molecule has 6 heteroatoms. The first kappa shape index (κ1) is 17.1. The molecule has 2 amide bonds. The fourth-order valence-electron chi connectivity index (χ4n) is 1.71. The molecule has 0 spiro atoms. The van der Waals surface area contributed by atoms with Crippen LogP contribution in [0.15, 0.2) is 24.3 Å². The normalized spacial score (nSPS) is 11.8. The molecule has 5 nitrogen and oxygen atoms in total. The Morgan fingerprint density at radius 3 is 2.76 bits per heavy atom. The predicted molar refractivity (Wildman–Crippen MR) is 77.0 cm³/mol. The van der Waals surface area contributed by atoms with Crippen molar-refractivity contribution in [3.05, 3.63) is 35.6 Å². The van der Waals surface area contributed by atoms with Crippen molar-refractivity contribution in [1.82, 2.24) is 10.2 Å². The molecule has 0 aliphatic carbocycles. The lowest BCUT2D eigenvalue weighted by molar-refractivity contribution is -0.131. The Morgan fingerprint density at radius 2 is 2.14 bits per heavy atom. The number of aliphatic hydroxyl groups is 1. The van der Waals surface area contributed by atoms with Gasteiger partial charge in [0.05, 0.1) is 19.1 Å². The van der Waals surface area contributed by atoms with Gasteiger partial charge in [-0.1, -0.05) is 12.1 Å². The Morgan fingerprint density at radius 1 is 1.43 bits per heavy atom.